The van der Waals surface area contributed by atoms with Gasteiger partial charge in [0.2, 0.25) is 5.91 Å². The second-order valence-corrected chi connectivity index (χ2v) is 5.76. The van der Waals surface area contributed by atoms with Crippen molar-refractivity contribution in [3.63, 3.8) is 0 Å². The minimum atomic E-state index is 0.198. The zero-order chi connectivity index (χ0) is 13.7. The van der Waals surface area contributed by atoms with Crippen molar-refractivity contribution in [2.75, 3.05) is 31.9 Å². The van der Waals surface area contributed by atoms with Gasteiger partial charge in [-0.2, -0.15) is 0 Å². The molecule has 1 aromatic rings. The Labute approximate surface area is 120 Å². The van der Waals surface area contributed by atoms with E-state index in [1.165, 1.54) is 5.56 Å². The van der Waals surface area contributed by atoms with E-state index in [4.69, 9.17) is 0 Å². The molecule has 0 bridgehead atoms. The molecule has 0 aromatic heterocycles. The molecule has 104 valence electrons. The standard InChI is InChI=1S/C15H22N2OS/c1-3-16(4-2)10-11-17-14(18)12-19-15(17)13-8-6-5-7-9-13/h5-9,15H,3-4,10-12H2,1-2H3/t15-/m0/s1. The first-order chi connectivity index (χ1) is 9.26. The number of carbonyl (C=O) groups is 1. The molecular weight excluding hydrogens is 256 g/mol. The van der Waals surface area contributed by atoms with E-state index in [0.29, 0.717) is 5.75 Å². The average molecular weight is 278 g/mol. The Morgan fingerprint density at radius 2 is 1.95 bits per heavy atom. The van der Waals surface area contributed by atoms with Crippen molar-refractivity contribution in [1.29, 1.82) is 0 Å². The highest BCUT2D eigenvalue weighted by molar-refractivity contribution is 8.00. The molecule has 3 nitrogen and oxygen atoms in total. The van der Waals surface area contributed by atoms with Crippen molar-refractivity contribution in [2.24, 2.45) is 0 Å². The number of rotatable bonds is 6. The number of thioether (sulfide) groups is 1. The first kappa shape index (κ1) is 14.4. The Balaban J connectivity index is 2.02. The van der Waals surface area contributed by atoms with Gasteiger partial charge in [0, 0.05) is 13.1 Å². The topological polar surface area (TPSA) is 23.6 Å². The van der Waals surface area contributed by atoms with Crippen molar-refractivity contribution < 1.29 is 4.79 Å². The number of likely N-dealkylation sites (N-methyl/N-ethyl adjacent to an activating group) is 1. The number of benzene rings is 1. The van der Waals surface area contributed by atoms with Crippen LogP contribution < -0.4 is 0 Å². The molecule has 0 N–H and O–H groups in total. The third-order valence-electron chi connectivity index (χ3n) is 3.60. The third kappa shape index (κ3) is 3.51. The molecule has 4 heteroatoms. The number of amides is 1. The van der Waals surface area contributed by atoms with Gasteiger partial charge in [-0.1, -0.05) is 44.2 Å². The van der Waals surface area contributed by atoms with Gasteiger partial charge in [-0.05, 0) is 18.7 Å². The summed E-state index contributed by atoms with van der Waals surface area (Å²) in [5.41, 5.74) is 1.23. The lowest BCUT2D eigenvalue weighted by molar-refractivity contribution is -0.128. The van der Waals surface area contributed by atoms with E-state index >= 15 is 0 Å². The Bertz CT molecular complexity index is 406. The van der Waals surface area contributed by atoms with Crippen LogP contribution >= 0.6 is 11.8 Å². The van der Waals surface area contributed by atoms with Crippen molar-refractivity contribution in [2.45, 2.75) is 19.2 Å². The first-order valence-corrected chi connectivity index (χ1v) is 7.99. The molecule has 1 aliphatic rings. The number of hydrogen-bond acceptors (Lipinski definition) is 3. The molecule has 0 unspecified atom stereocenters. The van der Waals surface area contributed by atoms with Crippen LogP contribution in [0.3, 0.4) is 0 Å². The molecule has 0 spiro atoms. The second-order valence-electron chi connectivity index (χ2n) is 4.69. The van der Waals surface area contributed by atoms with Gasteiger partial charge in [-0.3, -0.25) is 4.79 Å². The number of carbonyl (C=O) groups excluding carboxylic acids is 1. The van der Waals surface area contributed by atoms with E-state index < -0.39 is 0 Å². The second kappa shape index (κ2) is 6.96. The molecule has 0 saturated carbocycles. The van der Waals surface area contributed by atoms with Gasteiger partial charge in [0.15, 0.2) is 0 Å². The maximum absolute atomic E-state index is 12.0. The zero-order valence-corrected chi connectivity index (χ0v) is 12.5. The van der Waals surface area contributed by atoms with Gasteiger partial charge < -0.3 is 9.80 Å². The van der Waals surface area contributed by atoms with Gasteiger partial charge in [0.1, 0.15) is 5.37 Å². The quantitative estimate of drug-likeness (QED) is 0.799. The average Bonchev–Trinajstić information content (AvgIpc) is 2.82. The van der Waals surface area contributed by atoms with Gasteiger partial charge in [-0.15, -0.1) is 11.8 Å². The highest BCUT2D eigenvalue weighted by Crippen LogP contribution is 2.38. The summed E-state index contributed by atoms with van der Waals surface area (Å²) < 4.78 is 0. The largest absolute Gasteiger partial charge is 0.325 e. The summed E-state index contributed by atoms with van der Waals surface area (Å²) >= 11 is 1.74. The molecule has 1 atom stereocenters. The van der Waals surface area contributed by atoms with E-state index in [9.17, 15) is 4.79 Å². The summed E-state index contributed by atoms with van der Waals surface area (Å²) in [6.45, 7) is 8.20. The summed E-state index contributed by atoms with van der Waals surface area (Å²) in [6.07, 6.45) is 0. The fourth-order valence-electron chi connectivity index (χ4n) is 2.38. The Morgan fingerprint density at radius 3 is 2.58 bits per heavy atom. The van der Waals surface area contributed by atoms with Crippen LogP contribution in [0.5, 0.6) is 0 Å². The van der Waals surface area contributed by atoms with E-state index in [1.54, 1.807) is 11.8 Å². The van der Waals surface area contributed by atoms with Gasteiger partial charge in [0.25, 0.3) is 0 Å². The minimum absolute atomic E-state index is 0.198. The first-order valence-electron chi connectivity index (χ1n) is 6.94. The lowest BCUT2D eigenvalue weighted by Gasteiger charge is -2.27. The van der Waals surface area contributed by atoms with Crippen molar-refractivity contribution in [3.8, 4) is 0 Å². The van der Waals surface area contributed by atoms with E-state index in [-0.39, 0.29) is 11.3 Å². The monoisotopic (exact) mass is 278 g/mol. The highest BCUT2D eigenvalue weighted by Gasteiger charge is 2.32. The molecule has 1 aliphatic heterocycles. The molecule has 1 fully saturated rings. The Morgan fingerprint density at radius 1 is 1.26 bits per heavy atom. The predicted molar refractivity (Wildman–Crippen MR) is 81.1 cm³/mol. The Kier molecular flexibility index (Phi) is 5.28. The molecule has 19 heavy (non-hydrogen) atoms. The molecule has 0 aliphatic carbocycles. The van der Waals surface area contributed by atoms with Crippen LogP contribution in [0.4, 0.5) is 0 Å². The molecule has 2 rings (SSSR count). The lowest BCUT2D eigenvalue weighted by Crippen LogP contribution is -2.37. The van der Waals surface area contributed by atoms with Crippen molar-refractivity contribution in [1.82, 2.24) is 9.80 Å². The number of hydrogen-bond donors (Lipinski definition) is 0. The van der Waals surface area contributed by atoms with Crippen LogP contribution in [0.25, 0.3) is 0 Å². The molecular formula is C15H22N2OS. The van der Waals surface area contributed by atoms with E-state index in [1.807, 2.05) is 23.1 Å². The van der Waals surface area contributed by atoms with Crippen molar-refractivity contribution in [3.05, 3.63) is 35.9 Å². The highest BCUT2D eigenvalue weighted by atomic mass is 32.2. The maximum atomic E-state index is 12.0. The SMILES string of the molecule is CCN(CC)CCN1C(=O)CS[C@H]1c1ccccc1. The zero-order valence-electron chi connectivity index (χ0n) is 11.7. The molecule has 1 aromatic carbocycles. The smallest absolute Gasteiger partial charge is 0.233 e. The lowest BCUT2D eigenvalue weighted by atomic mass is 10.2. The minimum Gasteiger partial charge on any atom is -0.325 e. The van der Waals surface area contributed by atoms with Crippen LogP contribution in [0.2, 0.25) is 0 Å². The van der Waals surface area contributed by atoms with Crippen LogP contribution in [-0.4, -0.2) is 47.6 Å². The third-order valence-corrected chi connectivity index (χ3v) is 4.86. The fraction of sp³-hybridized carbons (Fsp3) is 0.533. The van der Waals surface area contributed by atoms with E-state index in [0.717, 1.165) is 26.2 Å². The summed E-state index contributed by atoms with van der Waals surface area (Å²) in [4.78, 5) is 16.4. The summed E-state index contributed by atoms with van der Waals surface area (Å²) in [5.74, 6) is 0.878. The Hall–Kier alpha value is -1.00. The molecule has 1 heterocycles. The summed E-state index contributed by atoms with van der Waals surface area (Å²) in [7, 11) is 0. The van der Waals surface area contributed by atoms with Gasteiger partial charge >= 0.3 is 0 Å². The van der Waals surface area contributed by atoms with Crippen LogP contribution in [0.1, 0.15) is 24.8 Å². The van der Waals surface area contributed by atoms with Crippen molar-refractivity contribution >= 4 is 17.7 Å². The van der Waals surface area contributed by atoms with Gasteiger partial charge in [-0.25, -0.2) is 0 Å². The summed E-state index contributed by atoms with van der Waals surface area (Å²) in [6, 6.07) is 10.3. The van der Waals surface area contributed by atoms with Crippen LogP contribution in [0, 0.1) is 0 Å². The van der Waals surface area contributed by atoms with Crippen LogP contribution in [-0.2, 0) is 4.79 Å². The van der Waals surface area contributed by atoms with Crippen LogP contribution in [0.15, 0.2) is 30.3 Å². The summed E-state index contributed by atoms with van der Waals surface area (Å²) in [5, 5.41) is 0.198. The maximum Gasteiger partial charge on any atom is 0.233 e. The molecule has 1 amide bonds. The normalized spacial score (nSPS) is 19.4. The number of nitrogens with zero attached hydrogens (tertiary/aromatic N) is 2. The van der Waals surface area contributed by atoms with Gasteiger partial charge in [0.05, 0.1) is 5.75 Å². The fourth-order valence-corrected chi connectivity index (χ4v) is 3.60. The predicted octanol–water partition coefficient (Wildman–Crippen LogP) is 2.60. The molecule has 0 radical (unpaired) electrons. The van der Waals surface area contributed by atoms with E-state index in [2.05, 4.69) is 30.9 Å². The molecule has 1 saturated heterocycles.